The number of alkyl halides is 6. The van der Waals surface area contributed by atoms with E-state index in [9.17, 15) is 31.1 Å². The van der Waals surface area contributed by atoms with E-state index in [1.165, 1.54) is 54.0 Å². The molecule has 3 saturated heterocycles. The molecule has 3 aliphatic heterocycles. The summed E-state index contributed by atoms with van der Waals surface area (Å²) in [6.45, 7) is 2.86. The second-order valence-electron chi connectivity index (χ2n) is 15.3. The van der Waals surface area contributed by atoms with Crippen molar-refractivity contribution in [1.82, 2.24) is 24.2 Å². The van der Waals surface area contributed by atoms with Crippen molar-refractivity contribution in [2.45, 2.75) is 102 Å². The normalized spacial score (nSPS) is 25.3. The molecule has 13 heteroatoms. The third kappa shape index (κ3) is 6.99. The Bertz CT molecular complexity index is 1700. The number of quaternary nitrogens is 1. The van der Waals surface area contributed by atoms with Crippen molar-refractivity contribution in [1.29, 1.82) is 0 Å². The molecule has 7 nitrogen and oxygen atoms in total. The molecule has 3 atom stereocenters. The van der Waals surface area contributed by atoms with Gasteiger partial charge in [0, 0.05) is 25.5 Å². The monoisotopic (exact) mass is 707 g/mol. The average molecular weight is 708 g/mol. The first kappa shape index (κ1) is 35.5. The van der Waals surface area contributed by atoms with Gasteiger partial charge in [0.25, 0.3) is 0 Å². The zero-order valence-corrected chi connectivity index (χ0v) is 28.8. The van der Waals surface area contributed by atoms with E-state index in [0.717, 1.165) is 66.1 Å². The highest BCUT2D eigenvalue weighted by molar-refractivity contribution is 5.58. The minimum atomic E-state index is -4.77. The lowest BCUT2D eigenvalue weighted by Gasteiger charge is -2.47. The van der Waals surface area contributed by atoms with Gasteiger partial charge in [-0.2, -0.15) is 31.8 Å². The SMILES string of the molecule is CN1CN[N+]2(CCCCCCCC2)C1[C@@H](c1cccc(-n2cc3c(C(F)(F)F)cc(CN4CCC[C@@H](C(F)(F)F)C4)cn3c2=O)c1)C1CCC1. The Hall–Kier alpha value is -2.87. The van der Waals surface area contributed by atoms with E-state index in [4.69, 9.17) is 0 Å². The second kappa shape index (κ2) is 13.9. The van der Waals surface area contributed by atoms with E-state index in [1.54, 1.807) is 6.07 Å². The highest BCUT2D eigenvalue weighted by atomic mass is 19.4. The number of rotatable bonds is 6. The Balaban J connectivity index is 1.25. The number of piperidine rings is 1. The molecule has 50 heavy (non-hydrogen) atoms. The molecule has 3 aromatic rings. The minimum Gasteiger partial charge on any atom is -0.298 e. The van der Waals surface area contributed by atoms with E-state index in [1.807, 2.05) is 12.1 Å². The summed E-state index contributed by atoms with van der Waals surface area (Å²) < 4.78 is 87.0. The molecule has 7 rings (SSSR count). The zero-order chi connectivity index (χ0) is 35.3. The number of benzene rings is 1. The number of likely N-dealkylation sites (tertiary alicyclic amines) is 1. The molecular weight excluding hydrogens is 658 g/mol. The highest BCUT2D eigenvalue weighted by Crippen LogP contribution is 2.47. The number of hydrogen-bond acceptors (Lipinski definition) is 4. The van der Waals surface area contributed by atoms with E-state index in [-0.39, 0.29) is 42.7 Å². The van der Waals surface area contributed by atoms with Gasteiger partial charge in [-0.3, -0.25) is 13.9 Å². The molecule has 1 unspecified atom stereocenters. The van der Waals surface area contributed by atoms with Crippen molar-refractivity contribution in [2.75, 3.05) is 39.9 Å². The van der Waals surface area contributed by atoms with Crippen LogP contribution in [0.2, 0.25) is 0 Å². The molecule has 0 amide bonds. The number of aromatic nitrogens is 2. The standard InChI is InChI=1S/C37H49F6N6O/c1-45-25-44-49(17-6-4-2-3-5-7-18-49)34(45)33(27-11-8-12-27)28-13-9-15-30(20-28)47-24-32-31(37(41,42)43)19-26(22-48(32)35(47)50)21-46-16-10-14-29(23-46)36(38,39)40/h9,13,15,19-20,22,24,27,29,33-34,44H,2-8,10-12,14,16-18,21,23,25H2,1H3/q+1/t29-,33-,34?/m1/s1. The van der Waals surface area contributed by atoms with Gasteiger partial charge in [-0.1, -0.05) is 31.4 Å². The summed E-state index contributed by atoms with van der Waals surface area (Å²) in [6, 6.07) is 8.75. The van der Waals surface area contributed by atoms with Crippen LogP contribution in [0.3, 0.4) is 0 Å². The molecule has 0 bridgehead atoms. The van der Waals surface area contributed by atoms with Gasteiger partial charge in [0.05, 0.1) is 41.7 Å². The van der Waals surface area contributed by atoms with Gasteiger partial charge in [-0.05, 0) is 100 Å². The van der Waals surface area contributed by atoms with Crippen LogP contribution in [0.1, 0.15) is 93.2 Å². The molecular formula is C37H49F6N6O+. The van der Waals surface area contributed by atoms with Crippen LogP contribution in [0.15, 0.2) is 47.5 Å². The van der Waals surface area contributed by atoms with Crippen molar-refractivity contribution < 1.29 is 30.9 Å². The van der Waals surface area contributed by atoms with Gasteiger partial charge in [0.1, 0.15) is 6.67 Å². The number of nitrogens with zero attached hydrogens (tertiary/aromatic N) is 5. The third-order valence-electron chi connectivity index (χ3n) is 12.0. The van der Waals surface area contributed by atoms with Crippen molar-refractivity contribution in [3.63, 3.8) is 0 Å². The summed E-state index contributed by atoms with van der Waals surface area (Å²) in [5.74, 6) is -0.872. The lowest BCUT2D eigenvalue weighted by atomic mass is 9.71. The molecule has 1 saturated carbocycles. The van der Waals surface area contributed by atoms with Crippen molar-refractivity contribution >= 4 is 5.52 Å². The molecule has 0 radical (unpaired) electrons. The van der Waals surface area contributed by atoms with Crippen LogP contribution >= 0.6 is 0 Å². The van der Waals surface area contributed by atoms with Gasteiger partial charge < -0.3 is 0 Å². The fourth-order valence-electron chi connectivity index (χ4n) is 9.26. The first-order valence-corrected chi connectivity index (χ1v) is 18.4. The average Bonchev–Trinajstić information content (AvgIpc) is 3.58. The predicted octanol–water partition coefficient (Wildman–Crippen LogP) is 7.67. The molecule has 4 fully saturated rings. The zero-order valence-electron chi connectivity index (χ0n) is 28.8. The van der Waals surface area contributed by atoms with Crippen LogP contribution in [0.4, 0.5) is 26.3 Å². The fourth-order valence-corrected chi connectivity index (χ4v) is 9.26. The van der Waals surface area contributed by atoms with E-state index < -0.39 is 29.5 Å². The lowest BCUT2D eigenvalue weighted by Crippen LogP contribution is -2.63. The first-order valence-electron chi connectivity index (χ1n) is 18.4. The number of nitrogens with one attached hydrogen (secondary N) is 1. The van der Waals surface area contributed by atoms with Crippen LogP contribution in [-0.4, -0.2) is 75.6 Å². The van der Waals surface area contributed by atoms with E-state index in [0.29, 0.717) is 24.6 Å². The Morgan fingerprint density at radius 2 is 1.62 bits per heavy atom. The molecule has 1 spiro atoms. The maximum atomic E-state index is 14.5. The molecule has 1 aliphatic carbocycles. The number of imidazole rings is 1. The van der Waals surface area contributed by atoms with Crippen LogP contribution < -0.4 is 11.1 Å². The number of halogens is 6. The van der Waals surface area contributed by atoms with Crippen molar-refractivity contribution in [2.24, 2.45) is 11.8 Å². The summed E-state index contributed by atoms with van der Waals surface area (Å²) in [7, 11) is 2.18. The quantitative estimate of drug-likeness (QED) is 0.211. The van der Waals surface area contributed by atoms with Gasteiger partial charge in [-0.25, -0.2) is 14.3 Å². The molecule has 5 heterocycles. The van der Waals surface area contributed by atoms with Crippen LogP contribution in [-0.2, 0) is 12.7 Å². The molecule has 4 aliphatic rings. The first-order chi connectivity index (χ1) is 23.8. The minimum absolute atomic E-state index is 0.00333. The number of likely N-dealkylation sites (N-methyl/N-ethyl adjacent to an activating group) is 1. The van der Waals surface area contributed by atoms with E-state index >= 15 is 0 Å². The Morgan fingerprint density at radius 1 is 0.900 bits per heavy atom. The Morgan fingerprint density at radius 3 is 2.28 bits per heavy atom. The molecule has 2 aromatic heterocycles. The van der Waals surface area contributed by atoms with Crippen molar-refractivity contribution in [3.05, 3.63) is 69.9 Å². The van der Waals surface area contributed by atoms with Crippen LogP contribution in [0.5, 0.6) is 0 Å². The predicted molar refractivity (Wildman–Crippen MR) is 179 cm³/mol. The summed E-state index contributed by atoms with van der Waals surface area (Å²) >= 11 is 0. The van der Waals surface area contributed by atoms with Gasteiger partial charge in [-0.15, -0.1) is 0 Å². The number of fused-ring (bicyclic) bond motifs is 1. The topological polar surface area (TPSA) is 44.9 Å². The number of hydrogen-bond donors (Lipinski definition) is 1. The highest BCUT2D eigenvalue weighted by Gasteiger charge is 2.53. The third-order valence-corrected chi connectivity index (χ3v) is 12.0. The molecule has 1 aromatic carbocycles. The second-order valence-corrected chi connectivity index (χ2v) is 15.3. The maximum Gasteiger partial charge on any atom is 0.418 e. The lowest BCUT2D eigenvalue weighted by molar-refractivity contribution is -0.985. The fraction of sp³-hybridized carbons (Fsp3) is 0.649. The molecule has 274 valence electrons. The summed E-state index contributed by atoms with van der Waals surface area (Å²) in [5, 5.41) is 0. The number of pyridine rings is 1. The molecule has 1 N–H and O–H groups in total. The Labute approximate surface area is 289 Å². The van der Waals surface area contributed by atoms with E-state index in [2.05, 4.69) is 23.4 Å². The van der Waals surface area contributed by atoms with Gasteiger partial charge in [0.15, 0.2) is 6.17 Å². The summed E-state index contributed by atoms with van der Waals surface area (Å²) in [6.07, 6.45) is 4.70. The maximum absolute atomic E-state index is 14.5. The van der Waals surface area contributed by atoms with Gasteiger partial charge >= 0.3 is 18.0 Å². The van der Waals surface area contributed by atoms with Crippen LogP contribution in [0, 0.1) is 11.8 Å². The smallest absolute Gasteiger partial charge is 0.298 e. The van der Waals surface area contributed by atoms with Gasteiger partial charge in [0.2, 0.25) is 0 Å². The summed E-state index contributed by atoms with van der Waals surface area (Å²) in [5.41, 5.74) is 3.75. The van der Waals surface area contributed by atoms with Crippen molar-refractivity contribution in [3.8, 4) is 5.69 Å². The largest absolute Gasteiger partial charge is 0.418 e. The van der Waals surface area contributed by atoms with Crippen LogP contribution in [0.25, 0.3) is 11.2 Å². The Kier molecular flexibility index (Phi) is 9.90. The summed E-state index contributed by atoms with van der Waals surface area (Å²) in [4.78, 5) is 17.9.